The minimum atomic E-state index is -4.12. The molecule has 0 saturated carbocycles. The Balaban J connectivity index is 1.30. The first kappa shape index (κ1) is 27.8. The van der Waals surface area contributed by atoms with Gasteiger partial charge in [-0.15, -0.1) is 0 Å². The van der Waals surface area contributed by atoms with Gasteiger partial charge in [-0.3, -0.25) is 14.7 Å². The molecule has 1 spiro atoms. The van der Waals surface area contributed by atoms with Crippen molar-refractivity contribution in [3.8, 4) is 16.9 Å². The van der Waals surface area contributed by atoms with Crippen molar-refractivity contribution < 1.29 is 23.1 Å². The van der Waals surface area contributed by atoms with Crippen molar-refractivity contribution in [3.05, 3.63) is 78.1 Å². The molecule has 10 heteroatoms. The number of pyridine rings is 1. The van der Waals surface area contributed by atoms with Crippen LogP contribution in [0.4, 0.5) is 0 Å². The molecule has 41 heavy (non-hydrogen) atoms. The van der Waals surface area contributed by atoms with Crippen molar-refractivity contribution in [2.75, 3.05) is 26.2 Å². The number of rotatable bonds is 3. The summed E-state index contributed by atoms with van der Waals surface area (Å²) in [5, 5.41) is 13.7. The molecule has 3 aromatic rings. The molecule has 0 bridgehead atoms. The summed E-state index contributed by atoms with van der Waals surface area (Å²) in [7, 11) is -4.12. The number of benzene rings is 2. The topological polar surface area (TPSA) is 112 Å². The van der Waals surface area contributed by atoms with Crippen LogP contribution in [0.1, 0.15) is 36.9 Å². The first-order valence-electron chi connectivity index (χ1n) is 14.2. The van der Waals surface area contributed by atoms with E-state index in [1.54, 1.807) is 18.2 Å². The number of aliphatic hydroxyl groups excluding tert-OH is 1. The SMILES string of the molecule is Cc1cccnc1CN1CCC2(CCOc3cc(-c4ccccc4)ccc3S(=O)(=O)N3C[C@H](O)C[C@H]3C(=O)N2)CC1. The van der Waals surface area contributed by atoms with Crippen LogP contribution >= 0.6 is 0 Å². The second-order valence-corrected chi connectivity index (χ2v) is 13.3. The molecule has 216 valence electrons. The Kier molecular flexibility index (Phi) is 7.58. The highest BCUT2D eigenvalue weighted by Crippen LogP contribution is 2.37. The van der Waals surface area contributed by atoms with E-state index >= 15 is 0 Å². The van der Waals surface area contributed by atoms with Gasteiger partial charge in [-0.05, 0) is 54.7 Å². The maximum Gasteiger partial charge on any atom is 0.247 e. The molecule has 0 radical (unpaired) electrons. The first-order chi connectivity index (χ1) is 19.7. The van der Waals surface area contributed by atoms with Crippen molar-refractivity contribution in [3.63, 3.8) is 0 Å². The van der Waals surface area contributed by atoms with E-state index in [0.29, 0.717) is 19.3 Å². The van der Waals surface area contributed by atoms with E-state index in [-0.39, 0.29) is 36.1 Å². The molecule has 4 heterocycles. The van der Waals surface area contributed by atoms with Gasteiger partial charge < -0.3 is 15.2 Å². The van der Waals surface area contributed by atoms with Crippen LogP contribution in [0.25, 0.3) is 11.1 Å². The van der Waals surface area contributed by atoms with Crippen molar-refractivity contribution >= 4 is 15.9 Å². The molecule has 2 saturated heterocycles. The average Bonchev–Trinajstić information content (AvgIpc) is 3.38. The fraction of sp³-hybridized carbons (Fsp3) is 0.419. The van der Waals surface area contributed by atoms with Crippen LogP contribution < -0.4 is 10.1 Å². The fourth-order valence-electron chi connectivity index (χ4n) is 6.23. The van der Waals surface area contributed by atoms with Crippen LogP contribution in [-0.2, 0) is 21.4 Å². The van der Waals surface area contributed by atoms with Crippen molar-refractivity contribution in [2.24, 2.45) is 0 Å². The van der Waals surface area contributed by atoms with E-state index in [1.165, 1.54) is 0 Å². The number of hydrogen-bond acceptors (Lipinski definition) is 7. The third-order valence-corrected chi connectivity index (χ3v) is 10.6. The zero-order chi connectivity index (χ0) is 28.6. The van der Waals surface area contributed by atoms with E-state index in [1.807, 2.05) is 42.6 Å². The number of likely N-dealkylation sites (tertiary alicyclic amines) is 1. The molecule has 2 fully saturated rings. The predicted molar refractivity (Wildman–Crippen MR) is 155 cm³/mol. The van der Waals surface area contributed by atoms with Crippen LogP contribution in [0.3, 0.4) is 0 Å². The maximum absolute atomic E-state index is 13.9. The molecule has 6 rings (SSSR count). The number of aromatic nitrogens is 1. The van der Waals surface area contributed by atoms with E-state index in [4.69, 9.17) is 4.74 Å². The van der Waals surface area contributed by atoms with Gasteiger partial charge in [-0.25, -0.2) is 8.42 Å². The lowest BCUT2D eigenvalue weighted by atomic mass is 9.84. The van der Waals surface area contributed by atoms with E-state index in [0.717, 1.165) is 46.3 Å². The number of sulfonamides is 1. The van der Waals surface area contributed by atoms with Gasteiger partial charge in [-0.1, -0.05) is 42.5 Å². The van der Waals surface area contributed by atoms with Crippen molar-refractivity contribution in [1.82, 2.24) is 19.5 Å². The van der Waals surface area contributed by atoms with Gasteiger partial charge in [0.25, 0.3) is 0 Å². The van der Waals surface area contributed by atoms with Gasteiger partial charge in [0.15, 0.2) is 0 Å². The summed E-state index contributed by atoms with van der Waals surface area (Å²) in [6.07, 6.45) is 2.90. The van der Waals surface area contributed by atoms with Crippen molar-refractivity contribution in [2.45, 2.75) is 61.7 Å². The molecule has 9 nitrogen and oxygen atoms in total. The third kappa shape index (κ3) is 5.61. The average molecular weight is 577 g/mol. The standard InChI is InChI=1S/C31H36N4O5S/c1-22-6-5-14-32-26(22)21-34-15-11-31(12-16-34)13-17-40-28-18-24(23-7-3-2-4-8-23)9-10-29(28)41(38,39)35-20-25(36)19-27(35)30(37)33-31/h2-10,14,18,25,27,36H,11-13,15-17,19-21H2,1H3,(H,33,37)/t25-,27+/m1/s1. The van der Waals surface area contributed by atoms with Gasteiger partial charge in [-0.2, -0.15) is 4.31 Å². The second kappa shape index (κ2) is 11.2. The molecule has 2 atom stereocenters. The smallest absolute Gasteiger partial charge is 0.247 e. The monoisotopic (exact) mass is 576 g/mol. The molecule has 1 aromatic heterocycles. The largest absolute Gasteiger partial charge is 0.492 e. The third-order valence-electron chi connectivity index (χ3n) is 8.70. The lowest BCUT2D eigenvalue weighted by Gasteiger charge is -2.43. The predicted octanol–water partition coefficient (Wildman–Crippen LogP) is 3.11. The summed E-state index contributed by atoms with van der Waals surface area (Å²) in [4.78, 5) is 20.6. The number of fused-ring (bicyclic) bond motifs is 2. The highest BCUT2D eigenvalue weighted by molar-refractivity contribution is 7.89. The number of nitrogens with one attached hydrogen (secondary N) is 1. The molecular weight excluding hydrogens is 540 g/mol. The number of hydrogen-bond donors (Lipinski definition) is 2. The molecule has 1 amide bonds. The number of amides is 1. The quantitative estimate of drug-likeness (QED) is 0.493. The summed E-state index contributed by atoms with van der Waals surface area (Å²) in [5.74, 6) is -0.0949. The highest BCUT2D eigenvalue weighted by Gasteiger charge is 2.47. The second-order valence-electron chi connectivity index (χ2n) is 11.4. The van der Waals surface area contributed by atoms with Crippen LogP contribution in [0.15, 0.2) is 71.8 Å². The number of aryl methyl sites for hydroxylation is 1. The first-order valence-corrected chi connectivity index (χ1v) is 15.7. The van der Waals surface area contributed by atoms with Crippen LogP contribution in [0.2, 0.25) is 0 Å². The van der Waals surface area contributed by atoms with E-state index in [2.05, 4.69) is 28.2 Å². The molecule has 2 aromatic carbocycles. The lowest BCUT2D eigenvalue weighted by Crippen LogP contribution is -2.59. The molecule has 0 unspecified atom stereocenters. The van der Waals surface area contributed by atoms with Crippen LogP contribution in [0.5, 0.6) is 5.75 Å². The summed E-state index contributed by atoms with van der Waals surface area (Å²) in [6.45, 7) is 4.45. The Bertz CT molecular complexity index is 1520. The summed E-state index contributed by atoms with van der Waals surface area (Å²) < 4.78 is 35.3. The summed E-state index contributed by atoms with van der Waals surface area (Å²) >= 11 is 0. The fourth-order valence-corrected chi connectivity index (χ4v) is 7.98. The Morgan fingerprint density at radius 3 is 2.59 bits per heavy atom. The highest BCUT2D eigenvalue weighted by atomic mass is 32.2. The minimum Gasteiger partial charge on any atom is -0.492 e. The lowest BCUT2D eigenvalue weighted by molar-refractivity contribution is -0.127. The summed E-state index contributed by atoms with van der Waals surface area (Å²) in [6, 6.07) is 17.8. The van der Waals surface area contributed by atoms with Gasteiger partial charge >= 0.3 is 0 Å². The number of aliphatic hydroxyl groups is 1. The molecular formula is C31H36N4O5S. The number of piperidine rings is 1. The zero-order valence-electron chi connectivity index (χ0n) is 23.2. The number of carbonyl (C=O) groups excluding carboxylic acids is 1. The van der Waals surface area contributed by atoms with Crippen LogP contribution in [-0.4, -0.2) is 77.5 Å². The Morgan fingerprint density at radius 1 is 1.05 bits per heavy atom. The van der Waals surface area contributed by atoms with Crippen molar-refractivity contribution in [1.29, 1.82) is 0 Å². The number of carbonyl (C=O) groups is 1. The van der Waals surface area contributed by atoms with Gasteiger partial charge in [0.05, 0.1) is 18.4 Å². The Morgan fingerprint density at radius 2 is 1.83 bits per heavy atom. The number of ether oxygens (including phenoxy) is 1. The molecule has 3 aliphatic heterocycles. The Hall–Kier alpha value is -3.31. The van der Waals surface area contributed by atoms with Gasteiger partial charge in [0.1, 0.15) is 16.7 Å². The van der Waals surface area contributed by atoms with Gasteiger partial charge in [0, 0.05) is 50.8 Å². The van der Waals surface area contributed by atoms with Crippen LogP contribution in [0, 0.1) is 6.92 Å². The zero-order valence-corrected chi connectivity index (χ0v) is 24.0. The van der Waals surface area contributed by atoms with Gasteiger partial charge in [0.2, 0.25) is 15.9 Å². The molecule has 3 aliphatic rings. The minimum absolute atomic E-state index is 0.0144. The van der Waals surface area contributed by atoms with E-state index in [9.17, 15) is 18.3 Å². The number of nitrogens with zero attached hydrogens (tertiary/aromatic N) is 3. The Labute approximate surface area is 241 Å². The normalized spacial score (nSPS) is 24.5. The molecule has 2 N–H and O–H groups in total. The summed E-state index contributed by atoms with van der Waals surface area (Å²) in [5.41, 5.74) is 3.44. The maximum atomic E-state index is 13.9. The van der Waals surface area contributed by atoms with E-state index < -0.39 is 27.7 Å². The molecule has 0 aliphatic carbocycles.